The van der Waals surface area contributed by atoms with Crippen molar-refractivity contribution in [2.45, 2.75) is 44.6 Å². The Hall–Kier alpha value is -0.160. The molecule has 0 aromatic carbocycles. The van der Waals surface area contributed by atoms with Gasteiger partial charge in [0.15, 0.2) is 0 Å². The standard InChI is InChI=1S/C15H32N2O2/c1-17(15-7-4-3-5-8-15)11-6-9-16-10-12-19-14-13-18-2/h15-16H,3-14H2,1-2H3. The van der Waals surface area contributed by atoms with Gasteiger partial charge in [-0.15, -0.1) is 0 Å². The highest BCUT2D eigenvalue weighted by Gasteiger charge is 2.16. The van der Waals surface area contributed by atoms with Crippen LogP contribution in [0.1, 0.15) is 38.5 Å². The molecule has 0 aromatic rings. The molecule has 1 N–H and O–H groups in total. The van der Waals surface area contributed by atoms with Gasteiger partial charge in [0.1, 0.15) is 0 Å². The van der Waals surface area contributed by atoms with E-state index in [2.05, 4.69) is 17.3 Å². The second-order valence-electron chi connectivity index (χ2n) is 5.48. The van der Waals surface area contributed by atoms with Crippen LogP contribution in [0.4, 0.5) is 0 Å². The molecule has 114 valence electrons. The molecule has 1 aliphatic rings. The first kappa shape index (κ1) is 16.9. The Morgan fingerprint density at radius 3 is 2.58 bits per heavy atom. The monoisotopic (exact) mass is 272 g/mol. The summed E-state index contributed by atoms with van der Waals surface area (Å²) in [6.45, 7) is 5.40. The topological polar surface area (TPSA) is 33.7 Å². The van der Waals surface area contributed by atoms with E-state index < -0.39 is 0 Å². The fraction of sp³-hybridized carbons (Fsp3) is 1.00. The maximum atomic E-state index is 5.40. The van der Waals surface area contributed by atoms with Crippen LogP contribution in [0.5, 0.6) is 0 Å². The summed E-state index contributed by atoms with van der Waals surface area (Å²) < 4.78 is 10.3. The van der Waals surface area contributed by atoms with Crippen molar-refractivity contribution in [3.8, 4) is 0 Å². The number of ether oxygens (including phenoxy) is 2. The molecule has 4 nitrogen and oxygen atoms in total. The molecule has 0 spiro atoms. The van der Waals surface area contributed by atoms with Crippen LogP contribution in [0.15, 0.2) is 0 Å². The highest BCUT2D eigenvalue weighted by atomic mass is 16.5. The minimum atomic E-state index is 0.687. The molecular weight excluding hydrogens is 240 g/mol. The number of hydrogen-bond acceptors (Lipinski definition) is 4. The van der Waals surface area contributed by atoms with E-state index in [1.165, 1.54) is 45.1 Å². The smallest absolute Gasteiger partial charge is 0.0700 e. The molecule has 1 aliphatic carbocycles. The second-order valence-corrected chi connectivity index (χ2v) is 5.48. The Balaban J connectivity index is 1.84. The van der Waals surface area contributed by atoms with Crippen molar-refractivity contribution in [1.29, 1.82) is 0 Å². The van der Waals surface area contributed by atoms with Gasteiger partial charge in [0.05, 0.1) is 19.8 Å². The normalized spacial score (nSPS) is 17.2. The van der Waals surface area contributed by atoms with Gasteiger partial charge < -0.3 is 19.7 Å². The van der Waals surface area contributed by atoms with Crippen LogP contribution in [0.25, 0.3) is 0 Å². The second kappa shape index (κ2) is 11.6. The van der Waals surface area contributed by atoms with Crippen molar-refractivity contribution in [1.82, 2.24) is 10.2 Å². The quantitative estimate of drug-likeness (QED) is 0.582. The average molecular weight is 272 g/mol. The van der Waals surface area contributed by atoms with Gasteiger partial charge >= 0.3 is 0 Å². The van der Waals surface area contributed by atoms with Gasteiger partial charge in [0.25, 0.3) is 0 Å². The molecular formula is C15H32N2O2. The molecule has 4 heteroatoms. The van der Waals surface area contributed by atoms with Gasteiger partial charge in [-0.3, -0.25) is 0 Å². The third-order valence-electron chi connectivity index (χ3n) is 3.92. The largest absolute Gasteiger partial charge is 0.382 e. The zero-order chi connectivity index (χ0) is 13.8. The number of methoxy groups -OCH3 is 1. The van der Waals surface area contributed by atoms with Gasteiger partial charge in [-0.2, -0.15) is 0 Å². The van der Waals surface area contributed by atoms with E-state index in [4.69, 9.17) is 9.47 Å². The van der Waals surface area contributed by atoms with Crippen molar-refractivity contribution >= 4 is 0 Å². The molecule has 1 fully saturated rings. The van der Waals surface area contributed by atoms with Crippen LogP contribution >= 0.6 is 0 Å². The van der Waals surface area contributed by atoms with Crippen molar-refractivity contribution in [2.75, 3.05) is 53.6 Å². The Morgan fingerprint density at radius 1 is 1.05 bits per heavy atom. The summed E-state index contributed by atoms with van der Waals surface area (Å²) in [5, 5.41) is 3.43. The van der Waals surface area contributed by atoms with Gasteiger partial charge in [-0.25, -0.2) is 0 Å². The first-order valence-corrected chi connectivity index (χ1v) is 7.82. The predicted octanol–water partition coefficient (Wildman–Crippen LogP) is 1.89. The molecule has 0 aromatic heterocycles. The Morgan fingerprint density at radius 2 is 1.84 bits per heavy atom. The molecule has 0 saturated heterocycles. The molecule has 1 rings (SSSR count). The summed E-state index contributed by atoms with van der Waals surface area (Å²) in [5.41, 5.74) is 0. The number of rotatable bonds is 11. The zero-order valence-electron chi connectivity index (χ0n) is 12.8. The Kier molecular flexibility index (Phi) is 10.4. The highest BCUT2D eigenvalue weighted by Crippen LogP contribution is 2.21. The van der Waals surface area contributed by atoms with E-state index in [1.54, 1.807) is 7.11 Å². The molecule has 0 bridgehead atoms. The lowest BCUT2D eigenvalue weighted by Gasteiger charge is -2.31. The zero-order valence-corrected chi connectivity index (χ0v) is 12.8. The highest BCUT2D eigenvalue weighted by molar-refractivity contribution is 4.73. The van der Waals surface area contributed by atoms with Crippen molar-refractivity contribution in [2.24, 2.45) is 0 Å². The molecule has 0 heterocycles. The van der Waals surface area contributed by atoms with Crippen LogP contribution in [0.2, 0.25) is 0 Å². The van der Waals surface area contributed by atoms with E-state index in [0.29, 0.717) is 13.2 Å². The van der Waals surface area contributed by atoms with Gasteiger partial charge in [-0.1, -0.05) is 19.3 Å². The third-order valence-corrected chi connectivity index (χ3v) is 3.92. The molecule has 19 heavy (non-hydrogen) atoms. The SMILES string of the molecule is COCCOCCNCCCN(C)C1CCCCC1. The van der Waals surface area contributed by atoms with Crippen LogP contribution in [0, 0.1) is 0 Å². The van der Waals surface area contributed by atoms with E-state index in [-0.39, 0.29) is 0 Å². The van der Waals surface area contributed by atoms with Crippen LogP contribution in [-0.4, -0.2) is 64.6 Å². The first-order chi connectivity index (χ1) is 9.34. The summed E-state index contributed by atoms with van der Waals surface area (Å²) in [7, 11) is 3.98. The van der Waals surface area contributed by atoms with Crippen molar-refractivity contribution in [3.05, 3.63) is 0 Å². The minimum Gasteiger partial charge on any atom is -0.382 e. The summed E-state index contributed by atoms with van der Waals surface area (Å²) in [4.78, 5) is 2.55. The van der Waals surface area contributed by atoms with E-state index in [9.17, 15) is 0 Å². The average Bonchev–Trinajstić information content (AvgIpc) is 2.46. The van der Waals surface area contributed by atoms with Crippen LogP contribution in [0.3, 0.4) is 0 Å². The van der Waals surface area contributed by atoms with Crippen LogP contribution < -0.4 is 5.32 Å². The molecule has 0 amide bonds. The molecule has 0 aliphatic heterocycles. The van der Waals surface area contributed by atoms with E-state index >= 15 is 0 Å². The number of nitrogens with one attached hydrogen (secondary N) is 1. The lowest BCUT2D eigenvalue weighted by atomic mass is 9.94. The van der Waals surface area contributed by atoms with Crippen molar-refractivity contribution in [3.63, 3.8) is 0 Å². The third kappa shape index (κ3) is 8.58. The maximum Gasteiger partial charge on any atom is 0.0700 e. The van der Waals surface area contributed by atoms with Gasteiger partial charge in [0.2, 0.25) is 0 Å². The predicted molar refractivity (Wildman–Crippen MR) is 79.7 cm³/mol. The Labute approximate surface area is 118 Å². The first-order valence-electron chi connectivity index (χ1n) is 7.82. The minimum absolute atomic E-state index is 0.687. The maximum absolute atomic E-state index is 5.40. The summed E-state index contributed by atoms with van der Waals surface area (Å²) in [6, 6.07) is 0.839. The van der Waals surface area contributed by atoms with Gasteiger partial charge in [-0.05, 0) is 39.4 Å². The Bertz CT molecular complexity index is 197. The fourth-order valence-electron chi connectivity index (χ4n) is 2.67. The number of nitrogens with zero attached hydrogens (tertiary/aromatic N) is 1. The van der Waals surface area contributed by atoms with Crippen molar-refractivity contribution < 1.29 is 9.47 Å². The summed E-state index contributed by atoms with van der Waals surface area (Å²) >= 11 is 0. The fourth-order valence-corrected chi connectivity index (χ4v) is 2.67. The van der Waals surface area contributed by atoms with E-state index in [1.807, 2.05) is 0 Å². The molecule has 0 atom stereocenters. The lowest BCUT2D eigenvalue weighted by Crippen LogP contribution is -2.35. The summed E-state index contributed by atoms with van der Waals surface area (Å²) in [6.07, 6.45) is 8.31. The lowest BCUT2D eigenvalue weighted by molar-refractivity contribution is 0.0719. The van der Waals surface area contributed by atoms with Crippen LogP contribution in [-0.2, 0) is 9.47 Å². The molecule has 0 unspecified atom stereocenters. The van der Waals surface area contributed by atoms with Gasteiger partial charge in [0, 0.05) is 19.7 Å². The summed E-state index contributed by atoms with van der Waals surface area (Å²) in [5.74, 6) is 0. The molecule has 1 saturated carbocycles. The van der Waals surface area contributed by atoms with E-state index in [0.717, 1.165) is 25.7 Å². The number of hydrogen-bond donors (Lipinski definition) is 1. The molecule has 0 radical (unpaired) electrons.